The minimum absolute atomic E-state index is 0.690. The van der Waals surface area contributed by atoms with E-state index in [0.717, 1.165) is 0 Å². The molecule has 0 atom stereocenters. The second kappa shape index (κ2) is 3.68. The molecule has 0 saturated carbocycles. The average molecular weight is 214 g/mol. The van der Waals surface area contributed by atoms with E-state index in [0.29, 0.717) is 5.03 Å². The van der Waals surface area contributed by atoms with Crippen LogP contribution >= 0.6 is 34.2 Å². The van der Waals surface area contributed by atoms with E-state index < -0.39 is 0 Å². The second-order valence-corrected chi connectivity index (χ2v) is 1.76. The topological polar surface area (TPSA) is 0 Å². The predicted molar refractivity (Wildman–Crippen MR) is 38.2 cm³/mol. The Morgan fingerprint density at radius 2 is 2.33 bits per heavy atom. The van der Waals surface area contributed by atoms with E-state index in [4.69, 9.17) is 11.6 Å². The van der Waals surface area contributed by atoms with Crippen LogP contribution < -0.4 is 0 Å². The van der Waals surface area contributed by atoms with Crippen molar-refractivity contribution in [3.63, 3.8) is 0 Å². The molecule has 0 fully saturated rings. The lowest BCUT2D eigenvalue weighted by Gasteiger charge is -1.73. The van der Waals surface area contributed by atoms with Crippen molar-refractivity contribution in [2.24, 2.45) is 0 Å². The van der Waals surface area contributed by atoms with E-state index in [1.165, 1.54) is 0 Å². The summed E-state index contributed by atoms with van der Waals surface area (Å²) in [5, 5.41) is 0.690. The molecule has 0 amide bonds. The Hall–Kier alpha value is 0.500. The summed E-state index contributed by atoms with van der Waals surface area (Å²) in [6, 6.07) is 0. The number of hydrogen-bond donors (Lipinski definition) is 0. The Morgan fingerprint density at radius 3 is 2.33 bits per heavy atom. The smallest absolute Gasteiger partial charge is 0.0460 e. The summed E-state index contributed by atoms with van der Waals surface area (Å²) in [5.41, 5.74) is 0. The van der Waals surface area contributed by atoms with Gasteiger partial charge in [0.05, 0.1) is 0 Å². The van der Waals surface area contributed by atoms with E-state index in [9.17, 15) is 0 Å². The second-order valence-electron chi connectivity index (χ2n) is 0.698. The lowest BCUT2D eigenvalue weighted by molar-refractivity contribution is 2.03. The Morgan fingerprint density at radius 1 is 1.83 bits per heavy atom. The lowest BCUT2D eigenvalue weighted by atomic mass is 10.6. The van der Waals surface area contributed by atoms with E-state index in [2.05, 4.69) is 6.58 Å². The van der Waals surface area contributed by atoms with Crippen LogP contribution in [-0.2, 0) is 0 Å². The fourth-order valence-corrected chi connectivity index (χ4v) is 0.299. The zero-order chi connectivity index (χ0) is 4.99. The molecule has 0 heterocycles. The molecule has 0 nitrogen and oxygen atoms in total. The molecule has 0 radical (unpaired) electrons. The van der Waals surface area contributed by atoms with Crippen LogP contribution in [0, 0.1) is 0 Å². The molecule has 2 heteroatoms. The number of rotatable bonds is 1. The van der Waals surface area contributed by atoms with E-state index in [-0.39, 0.29) is 0 Å². The van der Waals surface area contributed by atoms with Crippen molar-refractivity contribution in [2.75, 3.05) is 0 Å². The van der Waals surface area contributed by atoms with Crippen molar-refractivity contribution in [3.8, 4) is 0 Å². The Bertz CT molecular complexity index is 75.6. The molecule has 0 rings (SSSR count). The standard InChI is InChI=1S/C4H4ClI/c1-2-4(5)3-6/h2-3H,1H2/b4-3+. The van der Waals surface area contributed by atoms with Gasteiger partial charge in [-0.15, -0.1) is 0 Å². The molecule has 0 aromatic carbocycles. The molecular weight excluding hydrogens is 210 g/mol. The monoisotopic (exact) mass is 214 g/mol. The Labute approximate surface area is 56.0 Å². The van der Waals surface area contributed by atoms with Gasteiger partial charge in [0, 0.05) is 5.03 Å². The van der Waals surface area contributed by atoms with Gasteiger partial charge in [-0.25, -0.2) is 0 Å². The van der Waals surface area contributed by atoms with Crippen molar-refractivity contribution in [3.05, 3.63) is 21.8 Å². The molecule has 0 aliphatic heterocycles. The van der Waals surface area contributed by atoms with Gasteiger partial charge < -0.3 is 0 Å². The fourth-order valence-electron chi connectivity index (χ4n) is 0.0445. The van der Waals surface area contributed by atoms with E-state index >= 15 is 0 Å². The molecule has 0 aromatic rings. The van der Waals surface area contributed by atoms with Crippen LogP contribution in [0.2, 0.25) is 0 Å². The number of halogens is 2. The van der Waals surface area contributed by atoms with Gasteiger partial charge in [-0.2, -0.15) is 0 Å². The third kappa shape index (κ3) is 2.72. The van der Waals surface area contributed by atoms with Gasteiger partial charge in [-0.05, 0) is 4.08 Å². The van der Waals surface area contributed by atoms with Gasteiger partial charge in [0.25, 0.3) is 0 Å². The molecular formula is C4H4ClI. The molecule has 0 aliphatic carbocycles. The Balaban J connectivity index is 3.50. The highest BCUT2D eigenvalue weighted by atomic mass is 127. The van der Waals surface area contributed by atoms with Crippen LogP contribution in [0.5, 0.6) is 0 Å². The molecule has 0 aromatic heterocycles. The summed E-state index contributed by atoms with van der Waals surface area (Å²) < 4.78 is 1.76. The first-order chi connectivity index (χ1) is 2.81. The van der Waals surface area contributed by atoms with Crippen LogP contribution in [0.25, 0.3) is 0 Å². The molecule has 0 spiro atoms. The van der Waals surface area contributed by atoms with Crippen LogP contribution in [0.15, 0.2) is 21.8 Å². The van der Waals surface area contributed by atoms with Crippen molar-refractivity contribution < 1.29 is 0 Å². The molecule has 0 saturated heterocycles. The molecule has 0 unspecified atom stereocenters. The third-order valence-electron chi connectivity index (χ3n) is 0.299. The number of allylic oxidation sites excluding steroid dienone is 2. The molecule has 6 heavy (non-hydrogen) atoms. The van der Waals surface area contributed by atoms with Gasteiger partial charge in [-0.1, -0.05) is 46.8 Å². The van der Waals surface area contributed by atoms with Crippen molar-refractivity contribution in [1.29, 1.82) is 0 Å². The maximum Gasteiger partial charge on any atom is 0.0460 e. The maximum atomic E-state index is 5.39. The van der Waals surface area contributed by atoms with Gasteiger partial charge in [-0.3, -0.25) is 0 Å². The van der Waals surface area contributed by atoms with Crippen molar-refractivity contribution in [2.45, 2.75) is 0 Å². The van der Waals surface area contributed by atoms with Crippen molar-refractivity contribution >= 4 is 34.2 Å². The van der Waals surface area contributed by atoms with Gasteiger partial charge in [0.2, 0.25) is 0 Å². The molecule has 0 bridgehead atoms. The number of hydrogen-bond acceptors (Lipinski definition) is 0. The van der Waals surface area contributed by atoms with Crippen LogP contribution in [0.1, 0.15) is 0 Å². The van der Waals surface area contributed by atoms with Crippen LogP contribution in [-0.4, -0.2) is 0 Å². The Kier molecular flexibility index (Phi) is 3.99. The van der Waals surface area contributed by atoms with Crippen LogP contribution in [0.3, 0.4) is 0 Å². The normalized spacial score (nSPS) is 11.3. The highest BCUT2D eigenvalue weighted by molar-refractivity contribution is 14.1. The van der Waals surface area contributed by atoms with Gasteiger partial charge >= 0.3 is 0 Å². The maximum absolute atomic E-state index is 5.39. The zero-order valence-electron chi connectivity index (χ0n) is 3.12. The highest BCUT2D eigenvalue weighted by Gasteiger charge is 1.71. The van der Waals surface area contributed by atoms with Gasteiger partial charge in [0.15, 0.2) is 0 Å². The van der Waals surface area contributed by atoms with Gasteiger partial charge in [0.1, 0.15) is 0 Å². The van der Waals surface area contributed by atoms with Crippen molar-refractivity contribution in [1.82, 2.24) is 0 Å². The summed E-state index contributed by atoms with van der Waals surface area (Å²) in [4.78, 5) is 0. The summed E-state index contributed by atoms with van der Waals surface area (Å²) in [7, 11) is 0. The van der Waals surface area contributed by atoms with E-state index in [1.807, 2.05) is 22.6 Å². The SMILES string of the molecule is C=C/C(Cl)=C\I. The first kappa shape index (κ1) is 6.50. The third-order valence-corrected chi connectivity index (χ3v) is 1.60. The summed E-state index contributed by atoms with van der Waals surface area (Å²) in [6.07, 6.45) is 1.59. The quantitative estimate of drug-likeness (QED) is 0.465. The fraction of sp³-hybridized carbons (Fsp3) is 0. The molecule has 34 valence electrons. The minimum Gasteiger partial charge on any atom is -0.0976 e. The average Bonchev–Trinajstić information content (AvgIpc) is 1.65. The summed E-state index contributed by atoms with van der Waals surface area (Å²) >= 11 is 7.43. The highest BCUT2D eigenvalue weighted by Crippen LogP contribution is 2.03. The summed E-state index contributed by atoms with van der Waals surface area (Å²) in [5.74, 6) is 0. The molecule has 0 aliphatic rings. The summed E-state index contributed by atoms with van der Waals surface area (Å²) in [6.45, 7) is 3.43. The molecule has 0 N–H and O–H groups in total. The minimum atomic E-state index is 0.690. The first-order valence-electron chi connectivity index (χ1n) is 1.39. The lowest BCUT2D eigenvalue weighted by Crippen LogP contribution is -1.47. The predicted octanol–water partition coefficient (Wildman–Crippen LogP) is 2.69. The zero-order valence-corrected chi connectivity index (χ0v) is 6.03. The largest absolute Gasteiger partial charge is 0.0976 e. The van der Waals surface area contributed by atoms with Crippen LogP contribution in [0.4, 0.5) is 0 Å². The van der Waals surface area contributed by atoms with E-state index in [1.54, 1.807) is 10.2 Å². The first-order valence-corrected chi connectivity index (χ1v) is 3.02.